The first-order chi connectivity index (χ1) is 17.9. The number of ether oxygens (including phenoxy) is 3. The number of allylic oxidation sites excluding steroid dienone is 1. The zero-order valence-corrected chi connectivity index (χ0v) is 20.2. The number of anilines is 1. The minimum absolute atomic E-state index is 0.0171. The van der Waals surface area contributed by atoms with Crippen LogP contribution in [0.15, 0.2) is 66.4 Å². The average molecular weight is 509 g/mol. The van der Waals surface area contributed by atoms with Crippen molar-refractivity contribution in [1.82, 2.24) is 4.90 Å². The number of Topliss-reactive ketones (excluding diaryl/α,β-unsaturated/α-hetero) is 1. The van der Waals surface area contributed by atoms with Crippen molar-refractivity contribution in [3.63, 3.8) is 0 Å². The van der Waals surface area contributed by atoms with Gasteiger partial charge in [0.1, 0.15) is 23.0 Å². The molecule has 0 atom stereocenters. The number of piperazine rings is 1. The van der Waals surface area contributed by atoms with Crippen molar-refractivity contribution in [2.75, 3.05) is 38.2 Å². The number of fused-ring (bicyclic) bond motifs is 1. The summed E-state index contributed by atoms with van der Waals surface area (Å²) in [5.74, 6) is 0.677. The van der Waals surface area contributed by atoms with E-state index < -0.39 is 6.61 Å². The van der Waals surface area contributed by atoms with Crippen LogP contribution in [-0.4, -0.2) is 55.7 Å². The molecule has 3 aromatic carbocycles. The highest BCUT2D eigenvalue weighted by Crippen LogP contribution is 2.41. The predicted octanol–water partition coefficient (Wildman–Crippen LogP) is 4.94. The van der Waals surface area contributed by atoms with E-state index in [0.29, 0.717) is 29.0 Å². The van der Waals surface area contributed by atoms with Gasteiger partial charge in [0.05, 0.1) is 18.2 Å². The highest BCUT2D eigenvalue weighted by molar-refractivity contribution is 6.15. The average Bonchev–Trinajstić information content (AvgIpc) is 3.22. The molecule has 192 valence electrons. The number of hydrogen-bond acceptors (Lipinski definition) is 7. The fourth-order valence-electron chi connectivity index (χ4n) is 4.57. The minimum Gasteiger partial charge on any atom is -0.507 e. The number of phenolic OH excluding ortho intramolecular Hbond substituents is 1. The highest BCUT2D eigenvalue weighted by Gasteiger charge is 2.32. The summed E-state index contributed by atoms with van der Waals surface area (Å²) < 4.78 is 41.3. The van der Waals surface area contributed by atoms with E-state index in [0.717, 1.165) is 37.6 Å². The van der Waals surface area contributed by atoms with Gasteiger partial charge in [-0.25, -0.2) is 0 Å². The summed E-state index contributed by atoms with van der Waals surface area (Å²) in [4.78, 5) is 17.5. The molecule has 0 radical (unpaired) electrons. The molecule has 1 N–H and O–H groups in total. The number of phenols is 1. The van der Waals surface area contributed by atoms with Crippen molar-refractivity contribution in [2.24, 2.45) is 0 Å². The topological polar surface area (TPSA) is 71.5 Å². The summed E-state index contributed by atoms with van der Waals surface area (Å²) >= 11 is 0. The Labute approximate surface area is 213 Å². The molecule has 2 aliphatic heterocycles. The molecule has 5 rings (SSSR count). The first-order valence-corrected chi connectivity index (χ1v) is 11.9. The van der Waals surface area contributed by atoms with Gasteiger partial charge in [0.15, 0.2) is 5.76 Å². The Morgan fingerprint density at radius 2 is 1.76 bits per heavy atom. The van der Waals surface area contributed by atoms with Gasteiger partial charge in [0.25, 0.3) is 0 Å². The molecule has 0 amide bonds. The summed E-state index contributed by atoms with van der Waals surface area (Å²) in [7, 11) is 1.64. The van der Waals surface area contributed by atoms with Crippen molar-refractivity contribution in [3.8, 4) is 23.0 Å². The van der Waals surface area contributed by atoms with Gasteiger partial charge in [-0.15, -0.1) is 0 Å². The number of methoxy groups -OCH3 is 1. The molecule has 2 heterocycles. The number of ketones is 1. The third kappa shape index (κ3) is 5.22. The Kier molecular flexibility index (Phi) is 6.96. The molecular formula is C28H26F2N2O5. The van der Waals surface area contributed by atoms with E-state index >= 15 is 0 Å². The molecule has 3 aromatic rings. The van der Waals surface area contributed by atoms with Gasteiger partial charge >= 0.3 is 6.61 Å². The molecule has 0 bridgehead atoms. The standard InChI is InChI=1S/C28H26F2N2O5/c1-35-20-8-6-19(7-9-20)32-14-12-31(13-15-32)17-22-23(33)11-10-21-26(34)25(36-27(21)22)16-18-4-2-3-5-24(18)37-28(29)30/h2-11,16,28,33H,12-15,17H2,1H3/b25-16-. The Morgan fingerprint density at radius 3 is 2.46 bits per heavy atom. The Hall–Kier alpha value is -4.11. The second kappa shape index (κ2) is 10.5. The van der Waals surface area contributed by atoms with Crippen LogP contribution in [0.1, 0.15) is 21.5 Å². The van der Waals surface area contributed by atoms with E-state index in [-0.39, 0.29) is 23.0 Å². The molecule has 0 unspecified atom stereocenters. The Bertz CT molecular complexity index is 1320. The van der Waals surface area contributed by atoms with Crippen LogP contribution in [0, 0.1) is 0 Å². The number of nitrogens with zero attached hydrogens (tertiary/aromatic N) is 2. The van der Waals surface area contributed by atoms with Gasteiger partial charge < -0.3 is 24.2 Å². The number of aromatic hydroxyl groups is 1. The zero-order valence-electron chi connectivity index (χ0n) is 20.2. The van der Waals surface area contributed by atoms with Crippen LogP contribution in [0.5, 0.6) is 23.0 Å². The summed E-state index contributed by atoms with van der Waals surface area (Å²) in [5, 5.41) is 10.6. The summed E-state index contributed by atoms with van der Waals surface area (Å²) in [6.45, 7) is 0.512. The zero-order chi connectivity index (χ0) is 25.9. The van der Waals surface area contributed by atoms with Crippen LogP contribution in [0.2, 0.25) is 0 Å². The van der Waals surface area contributed by atoms with Gasteiger partial charge in [0.2, 0.25) is 5.78 Å². The maximum Gasteiger partial charge on any atom is 0.387 e. The lowest BCUT2D eigenvalue weighted by Crippen LogP contribution is -2.46. The van der Waals surface area contributed by atoms with Crippen molar-refractivity contribution in [3.05, 3.63) is 83.1 Å². The lowest BCUT2D eigenvalue weighted by atomic mass is 10.0. The molecule has 0 aromatic heterocycles. The maximum absolute atomic E-state index is 13.0. The van der Waals surface area contributed by atoms with Gasteiger partial charge in [-0.3, -0.25) is 9.69 Å². The number of para-hydroxylation sites is 1. The molecule has 2 aliphatic rings. The van der Waals surface area contributed by atoms with Crippen molar-refractivity contribution >= 4 is 17.5 Å². The van der Waals surface area contributed by atoms with Crippen molar-refractivity contribution < 1.29 is 32.9 Å². The number of rotatable bonds is 7. The monoisotopic (exact) mass is 508 g/mol. The van der Waals surface area contributed by atoms with Gasteiger partial charge in [-0.1, -0.05) is 18.2 Å². The van der Waals surface area contributed by atoms with Crippen LogP contribution in [0.4, 0.5) is 14.5 Å². The van der Waals surface area contributed by atoms with E-state index in [2.05, 4.69) is 14.5 Å². The fourth-order valence-corrected chi connectivity index (χ4v) is 4.57. The summed E-state index contributed by atoms with van der Waals surface area (Å²) in [6, 6.07) is 17.1. The molecule has 0 spiro atoms. The highest BCUT2D eigenvalue weighted by atomic mass is 19.3. The fraction of sp³-hybridized carbons (Fsp3) is 0.250. The van der Waals surface area contributed by atoms with E-state index in [1.165, 1.54) is 24.3 Å². The van der Waals surface area contributed by atoms with Crippen LogP contribution in [0.3, 0.4) is 0 Å². The number of benzene rings is 3. The second-order valence-electron chi connectivity index (χ2n) is 8.76. The van der Waals surface area contributed by atoms with E-state index in [9.17, 15) is 18.7 Å². The van der Waals surface area contributed by atoms with E-state index in [1.807, 2.05) is 24.3 Å². The van der Waals surface area contributed by atoms with Gasteiger partial charge in [-0.2, -0.15) is 8.78 Å². The molecule has 1 saturated heterocycles. The summed E-state index contributed by atoms with van der Waals surface area (Å²) in [5.41, 5.74) is 2.25. The van der Waals surface area contributed by atoms with Crippen molar-refractivity contribution in [2.45, 2.75) is 13.2 Å². The second-order valence-corrected chi connectivity index (χ2v) is 8.76. The summed E-state index contributed by atoms with van der Waals surface area (Å²) in [6.07, 6.45) is 1.38. The third-order valence-electron chi connectivity index (χ3n) is 6.53. The van der Waals surface area contributed by atoms with E-state index in [1.54, 1.807) is 25.3 Å². The SMILES string of the molecule is COc1ccc(N2CCN(Cc3c(O)ccc4c3O/C(=C\c3ccccc3OC(F)F)C4=O)CC2)cc1. The molecule has 0 aliphatic carbocycles. The number of hydrogen-bond donors (Lipinski definition) is 1. The Morgan fingerprint density at radius 1 is 1.03 bits per heavy atom. The van der Waals surface area contributed by atoms with Crippen LogP contribution in [-0.2, 0) is 6.54 Å². The quantitative estimate of drug-likeness (QED) is 0.454. The number of carbonyl (C=O) groups is 1. The number of carbonyl (C=O) groups excluding carboxylic acids is 1. The van der Waals surface area contributed by atoms with Crippen LogP contribution < -0.4 is 19.1 Å². The number of alkyl halides is 2. The first kappa shape index (κ1) is 24.6. The molecular weight excluding hydrogens is 482 g/mol. The maximum atomic E-state index is 13.0. The Balaban J connectivity index is 1.32. The lowest BCUT2D eigenvalue weighted by molar-refractivity contribution is -0.0499. The largest absolute Gasteiger partial charge is 0.507 e. The minimum atomic E-state index is -2.99. The normalized spacial score (nSPS) is 16.7. The van der Waals surface area contributed by atoms with E-state index in [4.69, 9.17) is 9.47 Å². The smallest absolute Gasteiger partial charge is 0.387 e. The molecule has 0 saturated carbocycles. The first-order valence-electron chi connectivity index (χ1n) is 11.9. The van der Waals surface area contributed by atoms with Gasteiger partial charge in [0, 0.05) is 44.0 Å². The molecule has 1 fully saturated rings. The molecule has 9 heteroatoms. The molecule has 37 heavy (non-hydrogen) atoms. The predicted molar refractivity (Wildman–Crippen MR) is 135 cm³/mol. The van der Waals surface area contributed by atoms with Crippen molar-refractivity contribution in [1.29, 1.82) is 0 Å². The lowest BCUT2D eigenvalue weighted by Gasteiger charge is -2.36. The van der Waals surface area contributed by atoms with Crippen LogP contribution >= 0.6 is 0 Å². The van der Waals surface area contributed by atoms with Crippen LogP contribution in [0.25, 0.3) is 6.08 Å². The molecule has 7 nitrogen and oxygen atoms in total. The number of halogens is 2. The van der Waals surface area contributed by atoms with Gasteiger partial charge in [-0.05, 0) is 48.5 Å². The third-order valence-corrected chi connectivity index (χ3v) is 6.53.